The van der Waals surface area contributed by atoms with Crippen molar-refractivity contribution in [2.45, 2.75) is 45.1 Å². The molecule has 66 valence electrons. The fourth-order valence-electron chi connectivity index (χ4n) is 1.07. The van der Waals surface area contributed by atoms with Crippen molar-refractivity contribution >= 4 is 5.91 Å². The van der Waals surface area contributed by atoms with Crippen LogP contribution in [-0.4, -0.2) is 11.4 Å². The number of amides is 1. The van der Waals surface area contributed by atoms with E-state index in [2.05, 4.69) is 6.92 Å². The van der Waals surface area contributed by atoms with Crippen LogP contribution in [0.1, 0.15) is 39.5 Å². The van der Waals surface area contributed by atoms with Crippen LogP contribution in [0.3, 0.4) is 0 Å². The van der Waals surface area contributed by atoms with E-state index in [0.29, 0.717) is 0 Å². The van der Waals surface area contributed by atoms with Gasteiger partial charge in [-0.1, -0.05) is 19.8 Å². The van der Waals surface area contributed by atoms with E-state index in [0.717, 1.165) is 19.3 Å². The van der Waals surface area contributed by atoms with Gasteiger partial charge in [-0.15, -0.1) is 0 Å². The topological polar surface area (TPSA) is 69.1 Å². The summed E-state index contributed by atoms with van der Waals surface area (Å²) in [5, 5.41) is 0. The summed E-state index contributed by atoms with van der Waals surface area (Å²) < 4.78 is 0. The molecule has 0 saturated heterocycles. The Morgan fingerprint density at radius 3 is 2.45 bits per heavy atom. The predicted octanol–water partition coefficient (Wildman–Crippen LogP) is 0.769. The van der Waals surface area contributed by atoms with Crippen molar-refractivity contribution in [1.29, 1.82) is 0 Å². The van der Waals surface area contributed by atoms with E-state index < -0.39 is 5.54 Å². The monoisotopic (exact) mass is 158 g/mol. The highest BCUT2D eigenvalue weighted by Gasteiger charge is 2.19. The maximum absolute atomic E-state index is 10.5. The third kappa shape index (κ3) is 5.85. The lowest BCUT2D eigenvalue weighted by atomic mass is 9.92. The normalized spacial score (nSPS) is 15.9. The zero-order valence-electron chi connectivity index (χ0n) is 7.39. The number of nitrogens with two attached hydrogens (primary N) is 2. The lowest BCUT2D eigenvalue weighted by Crippen LogP contribution is -2.40. The maximum atomic E-state index is 10.5. The summed E-state index contributed by atoms with van der Waals surface area (Å²) in [6, 6.07) is 0. The Morgan fingerprint density at radius 1 is 1.55 bits per heavy atom. The fourth-order valence-corrected chi connectivity index (χ4v) is 1.07. The molecule has 3 heteroatoms. The smallest absolute Gasteiger partial charge is 0.219 e. The van der Waals surface area contributed by atoms with Gasteiger partial charge in [-0.2, -0.15) is 0 Å². The Labute approximate surface area is 68.1 Å². The van der Waals surface area contributed by atoms with E-state index in [1.54, 1.807) is 0 Å². The molecule has 0 bridgehead atoms. The van der Waals surface area contributed by atoms with Crippen molar-refractivity contribution in [3.8, 4) is 0 Å². The van der Waals surface area contributed by atoms with Gasteiger partial charge in [0, 0.05) is 12.0 Å². The molecule has 1 amide bonds. The van der Waals surface area contributed by atoms with Gasteiger partial charge in [0.2, 0.25) is 5.91 Å². The lowest BCUT2D eigenvalue weighted by molar-refractivity contribution is -0.119. The van der Waals surface area contributed by atoms with Gasteiger partial charge in [0.25, 0.3) is 0 Å². The molecular formula is C8H18N2O. The van der Waals surface area contributed by atoms with E-state index in [4.69, 9.17) is 11.5 Å². The van der Waals surface area contributed by atoms with E-state index in [-0.39, 0.29) is 12.3 Å². The first-order valence-corrected chi connectivity index (χ1v) is 4.05. The summed E-state index contributed by atoms with van der Waals surface area (Å²) in [7, 11) is 0. The molecule has 0 fully saturated rings. The minimum atomic E-state index is -0.401. The Kier molecular flexibility index (Phi) is 4.11. The van der Waals surface area contributed by atoms with Gasteiger partial charge in [-0.25, -0.2) is 0 Å². The van der Waals surface area contributed by atoms with Crippen molar-refractivity contribution in [3.63, 3.8) is 0 Å². The maximum Gasteiger partial charge on any atom is 0.219 e. The molecule has 0 heterocycles. The minimum Gasteiger partial charge on any atom is -0.370 e. The molecule has 0 aromatic heterocycles. The number of primary amides is 1. The number of carbonyl (C=O) groups excluding carboxylic acids is 1. The second-order valence-corrected chi connectivity index (χ2v) is 3.40. The van der Waals surface area contributed by atoms with E-state index >= 15 is 0 Å². The zero-order valence-corrected chi connectivity index (χ0v) is 7.39. The number of rotatable bonds is 5. The SMILES string of the molecule is CCCCC(C)(N)CC(N)=O. The van der Waals surface area contributed by atoms with Crippen LogP contribution in [0.25, 0.3) is 0 Å². The summed E-state index contributed by atoms with van der Waals surface area (Å²) >= 11 is 0. The van der Waals surface area contributed by atoms with Gasteiger partial charge in [-0.05, 0) is 13.3 Å². The van der Waals surface area contributed by atoms with Crippen LogP contribution in [0.15, 0.2) is 0 Å². The first-order chi connectivity index (χ1) is 4.98. The van der Waals surface area contributed by atoms with Gasteiger partial charge in [0.05, 0.1) is 0 Å². The Hall–Kier alpha value is -0.570. The molecule has 0 rings (SSSR count). The third-order valence-corrected chi connectivity index (χ3v) is 1.68. The first-order valence-electron chi connectivity index (χ1n) is 4.05. The molecule has 3 nitrogen and oxygen atoms in total. The number of hydrogen-bond acceptors (Lipinski definition) is 2. The van der Waals surface area contributed by atoms with Crippen LogP contribution in [0.4, 0.5) is 0 Å². The first kappa shape index (κ1) is 10.4. The van der Waals surface area contributed by atoms with Crippen molar-refractivity contribution in [2.24, 2.45) is 11.5 Å². The second-order valence-electron chi connectivity index (χ2n) is 3.40. The third-order valence-electron chi connectivity index (χ3n) is 1.68. The predicted molar refractivity (Wildman–Crippen MR) is 45.9 cm³/mol. The molecule has 0 aliphatic carbocycles. The van der Waals surface area contributed by atoms with Gasteiger partial charge in [0.15, 0.2) is 0 Å². The largest absolute Gasteiger partial charge is 0.370 e. The molecule has 0 saturated carbocycles. The van der Waals surface area contributed by atoms with Crippen LogP contribution in [0.5, 0.6) is 0 Å². The summed E-state index contributed by atoms with van der Waals surface area (Å²) in [5.74, 6) is -0.314. The second kappa shape index (κ2) is 4.34. The Morgan fingerprint density at radius 2 is 2.09 bits per heavy atom. The zero-order chi connectivity index (χ0) is 8.91. The van der Waals surface area contributed by atoms with Crippen LogP contribution in [0, 0.1) is 0 Å². The quantitative estimate of drug-likeness (QED) is 0.620. The van der Waals surface area contributed by atoms with Gasteiger partial charge < -0.3 is 11.5 Å². The van der Waals surface area contributed by atoms with Crippen molar-refractivity contribution in [2.75, 3.05) is 0 Å². The van der Waals surface area contributed by atoms with Crippen molar-refractivity contribution < 1.29 is 4.79 Å². The van der Waals surface area contributed by atoms with Gasteiger partial charge >= 0.3 is 0 Å². The highest BCUT2D eigenvalue weighted by Crippen LogP contribution is 2.13. The van der Waals surface area contributed by atoms with E-state index in [1.807, 2.05) is 6.92 Å². The summed E-state index contributed by atoms with van der Waals surface area (Å²) in [6.07, 6.45) is 3.31. The molecule has 0 aromatic carbocycles. The standard InChI is InChI=1S/C8H18N2O/c1-3-4-5-8(2,10)6-7(9)11/h3-6,10H2,1-2H3,(H2,9,11). The van der Waals surface area contributed by atoms with Crippen LogP contribution in [-0.2, 0) is 4.79 Å². The summed E-state index contributed by atoms with van der Waals surface area (Å²) in [6.45, 7) is 3.97. The summed E-state index contributed by atoms with van der Waals surface area (Å²) in [4.78, 5) is 10.5. The van der Waals surface area contributed by atoms with Crippen LogP contribution < -0.4 is 11.5 Å². The van der Waals surface area contributed by atoms with E-state index in [9.17, 15) is 4.79 Å². The molecule has 0 aliphatic heterocycles. The fraction of sp³-hybridized carbons (Fsp3) is 0.875. The minimum absolute atomic E-state index is 0.285. The van der Waals surface area contributed by atoms with Crippen molar-refractivity contribution in [1.82, 2.24) is 0 Å². The lowest BCUT2D eigenvalue weighted by Gasteiger charge is -2.22. The molecule has 0 aliphatic rings. The molecule has 4 N–H and O–H groups in total. The number of hydrogen-bond donors (Lipinski definition) is 2. The van der Waals surface area contributed by atoms with E-state index in [1.165, 1.54) is 0 Å². The average molecular weight is 158 g/mol. The Balaban J connectivity index is 3.70. The number of carbonyl (C=O) groups is 1. The molecule has 0 aromatic rings. The van der Waals surface area contributed by atoms with Gasteiger partial charge in [-0.3, -0.25) is 4.79 Å². The molecule has 11 heavy (non-hydrogen) atoms. The van der Waals surface area contributed by atoms with Crippen LogP contribution >= 0.6 is 0 Å². The number of unbranched alkanes of at least 4 members (excludes halogenated alkanes) is 1. The highest BCUT2D eigenvalue weighted by molar-refractivity contribution is 5.75. The van der Waals surface area contributed by atoms with Crippen molar-refractivity contribution in [3.05, 3.63) is 0 Å². The van der Waals surface area contributed by atoms with Gasteiger partial charge in [0.1, 0.15) is 0 Å². The molecule has 0 spiro atoms. The molecular weight excluding hydrogens is 140 g/mol. The Bertz CT molecular complexity index is 132. The molecule has 1 atom stereocenters. The summed E-state index contributed by atoms with van der Waals surface area (Å²) in [5.41, 5.74) is 10.4. The molecule has 0 radical (unpaired) electrons. The highest BCUT2D eigenvalue weighted by atomic mass is 16.1. The molecule has 1 unspecified atom stereocenters. The van der Waals surface area contributed by atoms with Crippen LogP contribution in [0.2, 0.25) is 0 Å². The average Bonchev–Trinajstić information content (AvgIpc) is 1.81.